The number of rotatable bonds is 7. The number of nitrogens with zero attached hydrogens (tertiary/aromatic N) is 1. The van der Waals surface area contributed by atoms with Gasteiger partial charge in [0.1, 0.15) is 0 Å². The molecular weight excluding hydrogens is 406 g/mol. The molecule has 1 atom stereocenters. The van der Waals surface area contributed by atoms with Crippen LogP contribution in [-0.2, 0) is 4.74 Å². The van der Waals surface area contributed by atoms with E-state index in [1.165, 1.54) is 12.1 Å². The van der Waals surface area contributed by atoms with Crippen LogP contribution in [0.25, 0.3) is 0 Å². The van der Waals surface area contributed by atoms with Crippen molar-refractivity contribution in [3.8, 4) is 0 Å². The van der Waals surface area contributed by atoms with Gasteiger partial charge in [-0.1, -0.05) is 41.6 Å². The lowest BCUT2D eigenvalue weighted by atomic mass is 10.0. The largest absolute Gasteiger partial charge is 0.379 e. The third-order valence-electron chi connectivity index (χ3n) is 4.55. The topological polar surface area (TPSA) is 41.6 Å². The predicted octanol–water partition coefficient (Wildman–Crippen LogP) is 4.46. The fraction of sp³-hybridized carbons (Fsp3) is 0.350. The van der Waals surface area contributed by atoms with Gasteiger partial charge < -0.3 is 10.1 Å². The van der Waals surface area contributed by atoms with Crippen molar-refractivity contribution >= 4 is 29.3 Å². The number of halogens is 3. The molecule has 3 rings (SSSR count). The molecule has 0 bridgehead atoms. The van der Waals surface area contributed by atoms with Crippen LogP contribution in [0.2, 0.25) is 5.02 Å². The number of carbonyl (C=O) groups is 1. The van der Waals surface area contributed by atoms with Crippen molar-refractivity contribution in [2.75, 3.05) is 32.8 Å². The molecule has 150 valence electrons. The van der Waals surface area contributed by atoms with Crippen LogP contribution >= 0.6 is 23.4 Å². The molecule has 1 amide bonds. The fourth-order valence-corrected chi connectivity index (χ4v) is 3.91. The lowest BCUT2D eigenvalue weighted by Crippen LogP contribution is -2.44. The molecule has 28 heavy (non-hydrogen) atoms. The summed E-state index contributed by atoms with van der Waals surface area (Å²) < 4.78 is 30.3. The van der Waals surface area contributed by atoms with Crippen molar-refractivity contribution in [2.45, 2.75) is 16.7 Å². The van der Waals surface area contributed by atoms with Gasteiger partial charge in [-0.05, 0) is 35.9 Å². The van der Waals surface area contributed by atoms with Gasteiger partial charge >= 0.3 is 0 Å². The highest BCUT2D eigenvalue weighted by molar-refractivity contribution is 7.99. The number of amides is 1. The molecule has 1 saturated heterocycles. The number of alkyl halides is 2. The number of morpholine rings is 1. The van der Waals surface area contributed by atoms with Crippen LogP contribution in [-0.4, -0.2) is 49.4 Å². The lowest BCUT2D eigenvalue weighted by Gasteiger charge is -2.35. The van der Waals surface area contributed by atoms with Crippen molar-refractivity contribution in [3.05, 3.63) is 64.7 Å². The highest BCUT2D eigenvalue weighted by Gasteiger charge is 2.25. The molecule has 1 unspecified atom stereocenters. The first kappa shape index (κ1) is 21.0. The van der Waals surface area contributed by atoms with E-state index in [2.05, 4.69) is 10.2 Å². The van der Waals surface area contributed by atoms with Gasteiger partial charge in [-0.3, -0.25) is 9.69 Å². The molecule has 8 heteroatoms. The van der Waals surface area contributed by atoms with Gasteiger partial charge in [-0.2, -0.15) is 8.78 Å². The molecule has 1 heterocycles. The normalized spacial score (nSPS) is 16.1. The van der Waals surface area contributed by atoms with Crippen LogP contribution in [0.5, 0.6) is 0 Å². The van der Waals surface area contributed by atoms with E-state index in [9.17, 15) is 13.6 Å². The summed E-state index contributed by atoms with van der Waals surface area (Å²) in [6.45, 7) is 3.17. The van der Waals surface area contributed by atoms with Crippen LogP contribution in [0, 0.1) is 0 Å². The van der Waals surface area contributed by atoms with Crippen molar-refractivity contribution in [1.29, 1.82) is 0 Å². The highest BCUT2D eigenvalue weighted by atomic mass is 35.5. The lowest BCUT2D eigenvalue weighted by molar-refractivity contribution is 0.0162. The Morgan fingerprint density at radius 1 is 1.14 bits per heavy atom. The maximum absolute atomic E-state index is 12.5. The Hall–Kier alpha value is -1.67. The predicted molar refractivity (Wildman–Crippen MR) is 107 cm³/mol. The van der Waals surface area contributed by atoms with E-state index in [4.69, 9.17) is 16.3 Å². The number of hydrogen-bond donors (Lipinski definition) is 1. The average molecular weight is 427 g/mol. The summed E-state index contributed by atoms with van der Waals surface area (Å²) in [7, 11) is 0. The Morgan fingerprint density at radius 2 is 1.82 bits per heavy atom. The molecule has 1 aliphatic rings. The Morgan fingerprint density at radius 3 is 2.46 bits per heavy atom. The van der Waals surface area contributed by atoms with Crippen molar-refractivity contribution in [3.63, 3.8) is 0 Å². The number of ether oxygens (including phenoxy) is 1. The van der Waals surface area contributed by atoms with E-state index in [1.54, 1.807) is 12.1 Å². The van der Waals surface area contributed by atoms with E-state index in [0.29, 0.717) is 47.0 Å². The van der Waals surface area contributed by atoms with Crippen LogP contribution in [0.4, 0.5) is 8.78 Å². The molecule has 0 radical (unpaired) electrons. The minimum Gasteiger partial charge on any atom is -0.379 e. The zero-order valence-corrected chi connectivity index (χ0v) is 16.7. The molecule has 2 aromatic carbocycles. The minimum absolute atomic E-state index is 0.0739. The number of carbonyl (C=O) groups excluding carboxylic acids is 1. The molecule has 4 nitrogen and oxygen atoms in total. The smallest absolute Gasteiger partial charge is 0.288 e. The van der Waals surface area contributed by atoms with E-state index in [1.807, 2.05) is 24.3 Å². The van der Waals surface area contributed by atoms with Gasteiger partial charge in [-0.25, -0.2) is 0 Å². The average Bonchev–Trinajstić information content (AvgIpc) is 2.70. The summed E-state index contributed by atoms with van der Waals surface area (Å²) in [4.78, 5) is 15.2. The maximum atomic E-state index is 12.5. The molecule has 0 spiro atoms. The molecule has 0 saturated carbocycles. The number of thioether (sulfide) groups is 1. The van der Waals surface area contributed by atoms with Gasteiger partial charge in [0.2, 0.25) is 0 Å². The van der Waals surface area contributed by atoms with Gasteiger partial charge in [0.05, 0.1) is 19.3 Å². The number of hydrogen-bond acceptors (Lipinski definition) is 4. The second kappa shape index (κ2) is 10.2. The van der Waals surface area contributed by atoms with Gasteiger partial charge in [-0.15, -0.1) is 0 Å². The van der Waals surface area contributed by atoms with Crippen molar-refractivity contribution in [1.82, 2.24) is 10.2 Å². The van der Waals surface area contributed by atoms with Crippen LogP contribution in [0.3, 0.4) is 0 Å². The summed E-state index contributed by atoms with van der Waals surface area (Å²) in [5, 5.41) is 3.60. The first-order valence-corrected chi connectivity index (χ1v) is 10.2. The molecule has 1 aliphatic heterocycles. The Labute approximate surface area is 172 Å². The summed E-state index contributed by atoms with van der Waals surface area (Å²) >= 11 is 6.85. The minimum atomic E-state index is -2.48. The van der Waals surface area contributed by atoms with E-state index >= 15 is 0 Å². The Bertz CT molecular complexity index is 786. The van der Waals surface area contributed by atoms with Gasteiger partial charge in [0.25, 0.3) is 11.7 Å². The van der Waals surface area contributed by atoms with Gasteiger partial charge in [0, 0.05) is 35.1 Å². The zero-order valence-electron chi connectivity index (χ0n) is 15.1. The van der Waals surface area contributed by atoms with Crippen LogP contribution < -0.4 is 5.32 Å². The summed E-state index contributed by atoms with van der Waals surface area (Å²) in [6, 6.07) is 13.7. The number of nitrogens with one attached hydrogen (secondary N) is 1. The first-order chi connectivity index (χ1) is 13.5. The quantitative estimate of drug-likeness (QED) is 0.664. The molecule has 2 aromatic rings. The standard InChI is InChI=1S/C20H21ClF2N2O2S/c21-17-4-2-1-3-16(17)18(25-9-11-27-12-10-25)13-24-19(26)14-5-7-15(8-6-14)28-20(22)23/h1-8,18,20H,9-13H2,(H,24,26). The maximum Gasteiger partial charge on any atom is 0.288 e. The van der Waals surface area contributed by atoms with Crippen LogP contribution in [0.15, 0.2) is 53.4 Å². The second-order valence-electron chi connectivity index (χ2n) is 6.30. The summed E-state index contributed by atoms with van der Waals surface area (Å²) in [5.74, 6) is -2.73. The van der Waals surface area contributed by atoms with E-state index in [-0.39, 0.29) is 11.9 Å². The van der Waals surface area contributed by atoms with E-state index < -0.39 is 5.76 Å². The fourth-order valence-electron chi connectivity index (χ4n) is 3.15. The summed E-state index contributed by atoms with van der Waals surface area (Å²) in [6.07, 6.45) is 0. The van der Waals surface area contributed by atoms with E-state index in [0.717, 1.165) is 18.7 Å². The van der Waals surface area contributed by atoms with Gasteiger partial charge in [0.15, 0.2) is 0 Å². The Kier molecular flexibility index (Phi) is 7.67. The third kappa shape index (κ3) is 5.67. The molecular formula is C20H21ClF2N2O2S. The first-order valence-electron chi connectivity index (χ1n) is 8.94. The number of benzene rings is 2. The monoisotopic (exact) mass is 426 g/mol. The van der Waals surface area contributed by atoms with Crippen molar-refractivity contribution in [2.24, 2.45) is 0 Å². The van der Waals surface area contributed by atoms with Crippen LogP contribution in [0.1, 0.15) is 22.0 Å². The SMILES string of the molecule is O=C(NCC(c1ccccc1Cl)N1CCOCC1)c1ccc(SC(F)F)cc1. The highest BCUT2D eigenvalue weighted by Crippen LogP contribution is 2.28. The van der Waals surface area contributed by atoms with Crippen molar-refractivity contribution < 1.29 is 18.3 Å². The Balaban J connectivity index is 1.69. The molecule has 1 N–H and O–H groups in total. The molecule has 1 fully saturated rings. The molecule has 0 aliphatic carbocycles. The zero-order chi connectivity index (χ0) is 19.9. The second-order valence-corrected chi connectivity index (χ2v) is 7.77. The third-order valence-corrected chi connectivity index (χ3v) is 5.62. The summed E-state index contributed by atoms with van der Waals surface area (Å²) in [5.41, 5.74) is 1.38. The molecule has 0 aromatic heterocycles.